The molecule has 0 saturated heterocycles. The van der Waals surface area contributed by atoms with Crippen molar-refractivity contribution in [3.8, 4) is 0 Å². The second-order valence-corrected chi connectivity index (χ2v) is 9.65. The third kappa shape index (κ3) is 5.00. The van der Waals surface area contributed by atoms with Gasteiger partial charge in [0.05, 0.1) is 15.7 Å². The fraction of sp³-hybridized carbons (Fsp3) is 0.296. The molecule has 0 aromatic heterocycles. The molecule has 0 spiro atoms. The van der Waals surface area contributed by atoms with Gasteiger partial charge >= 0.3 is 0 Å². The van der Waals surface area contributed by atoms with Gasteiger partial charge in [-0.05, 0) is 55.5 Å². The summed E-state index contributed by atoms with van der Waals surface area (Å²) in [5, 5.41) is 5.50. The number of nitrogens with zero attached hydrogens (tertiary/aromatic N) is 2. The highest BCUT2D eigenvalue weighted by Crippen LogP contribution is 2.37. The zero-order chi connectivity index (χ0) is 25.3. The number of carbonyl (C=O) groups excluding carboxylic acids is 3. The predicted molar refractivity (Wildman–Crippen MR) is 140 cm³/mol. The smallest absolute Gasteiger partial charge is 0.259 e. The van der Waals surface area contributed by atoms with Gasteiger partial charge < -0.3 is 10.2 Å². The monoisotopic (exact) mass is 511 g/mol. The third-order valence-corrected chi connectivity index (χ3v) is 7.19. The second-order valence-electron chi connectivity index (χ2n) is 8.84. The highest BCUT2D eigenvalue weighted by atomic mass is 35.5. The van der Waals surface area contributed by atoms with Crippen LogP contribution in [0.1, 0.15) is 43.1 Å². The van der Waals surface area contributed by atoms with Crippen molar-refractivity contribution in [3.05, 3.63) is 75.8 Å². The Labute approximate surface area is 214 Å². The molecule has 4 rings (SSSR count). The molecule has 0 bridgehead atoms. The second kappa shape index (κ2) is 10.3. The van der Waals surface area contributed by atoms with Crippen molar-refractivity contribution >= 4 is 57.4 Å². The van der Waals surface area contributed by atoms with Gasteiger partial charge in [0.15, 0.2) is 0 Å². The number of halogens is 2. The Morgan fingerprint density at radius 2 is 1.74 bits per heavy atom. The van der Waals surface area contributed by atoms with Crippen molar-refractivity contribution in [3.63, 3.8) is 0 Å². The van der Waals surface area contributed by atoms with Gasteiger partial charge in [-0.3, -0.25) is 19.3 Å². The molecule has 1 heterocycles. The van der Waals surface area contributed by atoms with Crippen LogP contribution in [0.2, 0.25) is 10.0 Å². The summed E-state index contributed by atoms with van der Waals surface area (Å²) in [4.78, 5) is 42.8. The van der Waals surface area contributed by atoms with E-state index < -0.39 is 6.04 Å². The van der Waals surface area contributed by atoms with E-state index >= 15 is 0 Å². The summed E-state index contributed by atoms with van der Waals surface area (Å²) in [5.74, 6) is -0.830. The van der Waals surface area contributed by atoms with Crippen LogP contribution in [0.3, 0.4) is 0 Å². The van der Waals surface area contributed by atoms with Crippen molar-refractivity contribution in [2.45, 2.75) is 45.8 Å². The van der Waals surface area contributed by atoms with E-state index in [1.807, 2.05) is 44.2 Å². The van der Waals surface area contributed by atoms with Gasteiger partial charge in [-0.15, -0.1) is 0 Å². The van der Waals surface area contributed by atoms with Gasteiger partial charge in [0.2, 0.25) is 11.8 Å². The molecule has 6 nitrogen and oxygen atoms in total. The van der Waals surface area contributed by atoms with Crippen LogP contribution in [0.15, 0.2) is 54.6 Å². The summed E-state index contributed by atoms with van der Waals surface area (Å²) in [6.07, 6.45) is 0.768. The molecule has 1 aliphatic heterocycles. The lowest BCUT2D eigenvalue weighted by Gasteiger charge is -2.31. The van der Waals surface area contributed by atoms with Crippen LogP contribution in [0.25, 0.3) is 10.8 Å². The van der Waals surface area contributed by atoms with E-state index in [4.69, 9.17) is 23.2 Å². The first-order valence-electron chi connectivity index (χ1n) is 11.6. The quantitative estimate of drug-likeness (QED) is 0.437. The highest BCUT2D eigenvalue weighted by Gasteiger charge is 2.34. The summed E-state index contributed by atoms with van der Waals surface area (Å²) in [6.45, 7) is 5.54. The molecule has 3 amide bonds. The number of benzene rings is 3. The molecule has 2 atom stereocenters. The van der Waals surface area contributed by atoms with E-state index in [1.165, 1.54) is 9.80 Å². The lowest BCUT2D eigenvalue weighted by atomic mass is 10.1. The minimum atomic E-state index is -0.762. The van der Waals surface area contributed by atoms with Crippen LogP contribution in [-0.2, 0) is 16.1 Å². The number of hydrogen-bond donors (Lipinski definition) is 1. The first-order valence-corrected chi connectivity index (χ1v) is 12.3. The summed E-state index contributed by atoms with van der Waals surface area (Å²) in [6, 6.07) is 15.5. The SMILES string of the molecule is CC[C@@H](C)NC(=O)[C@H](C)N(Cc1ccc(Cl)c(Cl)c1)C(=O)CN1C(=O)c2cccc3cccc1c23. The molecule has 1 N–H and O–H groups in total. The Morgan fingerprint density at radius 1 is 1.03 bits per heavy atom. The minimum absolute atomic E-state index is 0.0286. The van der Waals surface area contributed by atoms with E-state index in [1.54, 1.807) is 31.2 Å². The lowest BCUT2D eigenvalue weighted by Crippen LogP contribution is -2.52. The average molecular weight is 512 g/mol. The summed E-state index contributed by atoms with van der Waals surface area (Å²) in [7, 11) is 0. The fourth-order valence-corrected chi connectivity index (χ4v) is 4.57. The molecule has 0 saturated carbocycles. The van der Waals surface area contributed by atoms with Gasteiger partial charge in [0.1, 0.15) is 12.6 Å². The maximum atomic E-state index is 13.7. The van der Waals surface area contributed by atoms with E-state index in [0.717, 1.165) is 22.8 Å². The number of carbonyl (C=O) groups is 3. The molecular formula is C27H27Cl2N3O3. The van der Waals surface area contributed by atoms with E-state index in [2.05, 4.69) is 5.32 Å². The average Bonchev–Trinajstić information content (AvgIpc) is 3.12. The number of hydrogen-bond acceptors (Lipinski definition) is 3. The maximum Gasteiger partial charge on any atom is 0.259 e. The molecule has 0 unspecified atom stereocenters. The lowest BCUT2D eigenvalue weighted by molar-refractivity contribution is -0.139. The van der Waals surface area contributed by atoms with Crippen molar-refractivity contribution in [1.82, 2.24) is 10.2 Å². The van der Waals surface area contributed by atoms with Crippen molar-refractivity contribution < 1.29 is 14.4 Å². The van der Waals surface area contributed by atoms with Crippen molar-refractivity contribution in [2.75, 3.05) is 11.4 Å². The van der Waals surface area contributed by atoms with Crippen LogP contribution in [0.5, 0.6) is 0 Å². The Balaban J connectivity index is 1.63. The molecule has 0 fully saturated rings. The number of rotatable bonds is 8. The topological polar surface area (TPSA) is 69.7 Å². The van der Waals surface area contributed by atoms with Crippen LogP contribution in [0, 0.1) is 0 Å². The summed E-state index contributed by atoms with van der Waals surface area (Å²) >= 11 is 12.2. The molecule has 8 heteroatoms. The zero-order valence-corrected chi connectivity index (χ0v) is 21.4. The molecule has 1 aliphatic rings. The summed E-state index contributed by atoms with van der Waals surface area (Å²) in [5.41, 5.74) is 2.00. The number of amides is 3. The highest BCUT2D eigenvalue weighted by molar-refractivity contribution is 6.42. The fourth-order valence-electron chi connectivity index (χ4n) is 4.25. The third-order valence-electron chi connectivity index (χ3n) is 6.45. The minimum Gasteiger partial charge on any atom is -0.352 e. The Morgan fingerprint density at radius 3 is 2.43 bits per heavy atom. The Hall–Kier alpha value is -3.09. The van der Waals surface area contributed by atoms with Crippen LogP contribution in [0.4, 0.5) is 5.69 Å². The molecule has 3 aromatic carbocycles. The zero-order valence-electron chi connectivity index (χ0n) is 19.8. The number of anilines is 1. The van der Waals surface area contributed by atoms with Crippen molar-refractivity contribution in [2.24, 2.45) is 0 Å². The van der Waals surface area contributed by atoms with Gasteiger partial charge in [-0.25, -0.2) is 0 Å². The predicted octanol–water partition coefficient (Wildman–Crippen LogP) is 5.44. The molecule has 3 aromatic rings. The molecule has 35 heavy (non-hydrogen) atoms. The number of nitrogens with one attached hydrogen (secondary N) is 1. The first-order chi connectivity index (χ1) is 16.7. The van der Waals surface area contributed by atoms with Gasteiger partial charge in [-0.1, -0.05) is 60.5 Å². The Kier molecular flexibility index (Phi) is 7.33. The van der Waals surface area contributed by atoms with Gasteiger partial charge in [-0.2, -0.15) is 0 Å². The molecule has 182 valence electrons. The Bertz CT molecular complexity index is 1300. The van der Waals surface area contributed by atoms with Crippen LogP contribution < -0.4 is 10.2 Å². The van der Waals surface area contributed by atoms with Gasteiger partial charge in [0.25, 0.3) is 5.91 Å². The van der Waals surface area contributed by atoms with E-state index in [0.29, 0.717) is 21.3 Å². The normalized spacial score (nSPS) is 14.2. The first kappa shape index (κ1) is 25.0. The van der Waals surface area contributed by atoms with E-state index in [-0.39, 0.29) is 36.9 Å². The van der Waals surface area contributed by atoms with Gasteiger partial charge in [0, 0.05) is 23.5 Å². The molecular weight excluding hydrogens is 485 g/mol. The largest absolute Gasteiger partial charge is 0.352 e. The van der Waals surface area contributed by atoms with Crippen molar-refractivity contribution in [1.29, 1.82) is 0 Å². The van der Waals surface area contributed by atoms with Crippen LogP contribution >= 0.6 is 23.2 Å². The molecule has 0 radical (unpaired) electrons. The summed E-state index contributed by atoms with van der Waals surface area (Å²) < 4.78 is 0. The maximum absolute atomic E-state index is 13.7. The molecule has 0 aliphatic carbocycles. The van der Waals surface area contributed by atoms with Crippen LogP contribution in [-0.4, -0.2) is 41.2 Å². The standard InChI is InChI=1S/C27H27Cl2N3O3/c1-4-16(2)30-26(34)17(3)31(14-18-11-12-21(28)22(29)13-18)24(33)15-32-23-10-6-8-19-7-5-9-20(25(19)23)27(32)35/h5-13,16-17H,4,14-15H2,1-3H3,(H,30,34)/t16-,17+/m1/s1. The van der Waals surface area contributed by atoms with E-state index in [9.17, 15) is 14.4 Å².